The van der Waals surface area contributed by atoms with Gasteiger partial charge in [0.2, 0.25) is 0 Å². The highest BCUT2D eigenvalue weighted by molar-refractivity contribution is 7.47. The van der Waals surface area contributed by atoms with Gasteiger partial charge in [-0.15, -0.1) is 0 Å². The molecule has 0 aliphatic rings. The lowest BCUT2D eigenvalue weighted by molar-refractivity contribution is 0.145. The molecular formula is C31H60N3O4P. The van der Waals surface area contributed by atoms with Gasteiger partial charge in [0, 0.05) is 0 Å². The minimum atomic E-state index is -3.85. The fourth-order valence-corrected chi connectivity index (χ4v) is 5.02. The van der Waals surface area contributed by atoms with Gasteiger partial charge >= 0.3 is 7.82 Å². The summed E-state index contributed by atoms with van der Waals surface area (Å²) in [7, 11) is -3.85. The van der Waals surface area contributed by atoms with Crippen LogP contribution >= 0.6 is 7.82 Å². The van der Waals surface area contributed by atoms with Gasteiger partial charge in [0.05, 0.1) is 18.9 Å². The first-order chi connectivity index (χ1) is 18.9. The topological polar surface area (TPSA) is 120 Å². The van der Waals surface area contributed by atoms with Crippen LogP contribution in [0.1, 0.15) is 142 Å². The van der Waals surface area contributed by atoms with Crippen molar-refractivity contribution in [2.24, 2.45) is 16.5 Å². The van der Waals surface area contributed by atoms with Crippen molar-refractivity contribution >= 4 is 19.5 Å². The van der Waals surface area contributed by atoms with Crippen LogP contribution in [0.2, 0.25) is 0 Å². The van der Waals surface area contributed by atoms with Gasteiger partial charge in [0.1, 0.15) is 0 Å². The van der Waals surface area contributed by atoms with Crippen molar-refractivity contribution in [1.82, 2.24) is 0 Å². The van der Waals surface area contributed by atoms with Crippen LogP contribution in [0.4, 0.5) is 5.69 Å². The molecule has 1 aromatic carbocycles. The average molecular weight is 570 g/mol. The second kappa shape index (κ2) is 28.1. The van der Waals surface area contributed by atoms with E-state index in [2.05, 4.69) is 18.8 Å². The molecule has 0 aromatic heterocycles. The second-order valence-electron chi connectivity index (χ2n) is 10.4. The third kappa shape index (κ3) is 29.4. The number of nitrogens with two attached hydrogens (primary N) is 2. The summed E-state index contributed by atoms with van der Waals surface area (Å²) in [6, 6.07) is 9.33. The molecule has 0 saturated carbocycles. The maximum atomic E-state index is 11.8. The molecule has 0 heterocycles. The van der Waals surface area contributed by atoms with Crippen LogP contribution in [0.25, 0.3) is 0 Å². The Hall–Kier alpha value is -1.40. The Balaban J connectivity index is 0.00000120. The number of phosphoric acid groups is 1. The number of nitrogens with zero attached hydrogens (tertiary/aromatic N) is 1. The van der Waals surface area contributed by atoms with Gasteiger partial charge < -0.3 is 16.4 Å². The predicted molar refractivity (Wildman–Crippen MR) is 167 cm³/mol. The number of para-hydroxylation sites is 1. The molecule has 39 heavy (non-hydrogen) atoms. The van der Waals surface area contributed by atoms with E-state index in [-0.39, 0.29) is 5.96 Å². The van der Waals surface area contributed by atoms with Crippen LogP contribution in [-0.4, -0.2) is 24.1 Å². The number of unbranched alkanes of at least 4 members (excludes halogenated alkanes) is 18. The number of benzene rings is 1. The summed E-state index contributed by atoms with van der Waals surface area (Å²) in [6.45, 7) is 5.14. The average Bonchev–Trinajstić information content (AvgIpc) is 2.91. The van der Waals surface area contributed by atoms with Gasteiger partial charge in [-0.05, 0) is 25.0 Å². The lowest BCUT2D eigenvalue weighted by atomic mass is 10.1. The Morgan fingerprint density at radius 3 is 1.31 bits per heavy atom. The molecule has 8 heteroatoms. The van der Waals surface area contributed by atoms with E-state index in [1.165, 1.54) is 103 Å². The molecule has 0 spiro atoms. The van der Waals surface area contributed by atoms with Crippen LogP contribution in [0.3, 0.4) is 0 Å². The van der Waals surface area contributed by atoms with Crippen molar-refractivity contribution in [3.05, 3.63) is 30.3 Å². The second-order valence-corrected chi connectivity index (χ2v) is 11.8. The molecule has 0 bridgehead atoms. The quantitative estimate of drug-likeness (QED) is 0.0466. The zero-order valence-corrected chi connectivity index (χ0v) is 26.1. The van der Waals surface area contributed by atoms with Crippen molar-refractivity contribution in [1.29, 1.82) is 0 Å². The Kier molecular flexibility index (Phi) is 27.1. The summed E-state index contributed by atoms with van der Waals surface area (Å²) in [5.74, 6) is 0.0891. The van der Waals surface area contributed by atoms with Gasteiger partial charge in [-0.3, -0.25) is 9.05 Å². The number of guanidine groups is 1. The van der Waals surface area contributed by atoms with Crippen LogP contribution in [0.15, 0.2) is 35.3 Å². The molecule has 7 nitrogen and oxygen atoms in total. The van der Waals surface area contributed by atoms with E-state index >= 15 is 0 Å². The first kappa shape index (κ1) is 37.6. The van der Waals surface area contributed by atoms with E-state index < -0.39 is 7.82 Å². The Morgan fingerprint density at radius 2 is 0.974 bits per heavy atom. The molecule has 5 N–H and O–H groups in total. The van der Waals surface area contributed by atoms with Gasteiger partial charge in [0.25, 0.3) is 0 Å². The number of rotatable bonds is 25. The maximum Gasteiger partial charge on any atom is 0.472 e. The highest BCUT2D eigenvalue weighted by atomic mass is 31.2. The van der Waals surface area contributed by atoms with E-state index in [0.717, 1.165) is 31.4 Å². The minimum Gasteiger partial charge on any atom is -0.370 e. The molecule has 0 fully saturated rings. The zero-order valence-electron chi connectivity index (χ0n) is 25.2. The molecule has 228 valence electrons. The summed E-state index contributed by atoms with van der Waals surface area (Å²) in [5, 5.41) is 0. The Morgan fingerprint density at radius 1 is 0.641 bits per heavy atom. The molecule has 0 aliphatic heterocycles. The van der Waals surface area contributed by atoms with Crippen LogP contribution in [-0.2, 0) is 13.6 Å². The predicted octanol–water partition coefficient (Wildman–Crippen LogP) is 9.55. The molecule has 0 radical (unpaired) electrons. The Labute approximate surface area is 240 Å². The lowest BCUT2D eigenvalue weighted by Crippen LogP contribution is -2.21. The van der Waals surface area contributed by atoms with E-state index in [4.69, 9.17) is 20.5 Å². The van der Waals surface area contributed by atoms with E-state index in [9.17, 15) is 9.46 Å². The number of phosphoric ester groups is 1. The first-order valence-electron chi connectivity index (χ1n) is 15.7. The molecular weight excluding hydrogens is 509 g/mol. The standard InChI is InChI=1S/C24H51O4P.C7H9N3/c1-3-5-7-9-11-13-15-17-19-21-23-27-29(25,26)28-24-22-20-18-16-14-12-10-8-6-4-2;8-7(9)10-6-4-2-1-3-5-6/h3-24H2,1-2H3,(H,25,26);1-5H,(H4,8,9,10). The fraction of sp³-hybridized carbons (Fsp3) is 0.774. The summed E-state index contributed by atoms with van der Waals surface area (Å²) < 4.78 is 22.0. The van der Waals surface area contributed by atoms with Gasteiger partial charge in [-0.1, -0.05) is 148 Å². The SMILES string of the molecule is CCCCCCCCCCCCOP(=O)(O)OCCCCCCCCCCCC.NC(N)=Nc1ccccc1. The smallest absolute Gasteiger partial charge is 0.370 e. The third-order valence-electron chi connectivity index (χ3n) is 6.52. The number of hydrogen-bond donors (Lipinski definition) is 3. The van der Waals surface area contributed by atoms with Gasteiger partial charge in [0.15, 0.2) is 5.96 Å². The fourth-order valence-electron chi connectivity index (χ4n) is 4.23. The number of hydrogen-bond acceptors (Lipinski definition) is 4. The highest BCUT2D eigenvalue weighted by Crippen LogP contribution is 2.43. The molecule has 1 aromatic rings. The normalized spacial score (nSPS) is 11.2. The summed E-state index contributed by atoms with van der Waals surface area (Å²) in [5.41, 5.74) is 11.1. The lowest BCUT2D eigenvalue weighted by Gasteiger charge is -2.12. The molecule has 1 rings (SSSR count). The maximum absolute atomic E-state index is 11.8. The van der Waals surface area contributed by atoms with E-state index in [1.54, 1.807) is 0 Å². The van der Waals surface area contributed by atoms with Crippen molar-refractivity contribution in [3.8, 4) is 0 Å². The monoisotopic (exact) mass is 569 g/mol. The number of aliphatic imine (C=N–C) groups is 1. The van der Waals surface area contributed by atoms with Crippen molar-refractivity contribution in [3.63, 3.8) is 0 Å². The Bertz CT molecular complexity index is 685. The van der Waals surface area contributed by atoms with Crippen molar-refractivity contribution < 1.29 is 18.5 Å². The molecule has 0 atom stereocenters. The summed E-state index contributed by atoms with van der Waals surface area (Å²) in [4.78, 5) is 13.5. The van der Waals surface area contributed by atoms with Crippen molar-refractivity contribution in [2.75, 3.05) is 13.2 Å². The van der Waals surface area contributed by atoms with Crippen molar-refractivity contribution in [2.45, 2.75) is 142 Å². The summed E-state index contributed by atoms with van der Waals surface area (Å²) >= 11 is 0. The molecule has 0 amide bonds. The van der Waals surface area contributed by atoms with Crippen LogP contribution < -0.4 is 11.5 Å². The molecule has 0 saturated heterocycles. The van der Waals surface area contributed by atoms with E-state index in [0.29, 0.717) is 13.2 Å². The third-order valence-corrected chi connectivity index (χ3v) is 7.54. The summed E-state index contributed by atoms with van der Waals surface area (Å²) in [6.07, 6.45) is 24.8. The highest BCUT2D eigenvalue weighted by Gasteiger charge is 2.19. The largest absolute Gasteiger partial charge is 0.472 e. The molecule has 0 unspecified atom stereocenters. The molecule has 0 aliphatic carbocycles. The first-order valence-corrected chi connectivity index (χ1v) is 17.2. The van der Waals surface area contributed by atoms with Crippen LogP contribution in [0.5, 0.6) is 0 Å². The van der Waals surface area contributed by atoms with Crippen LogP contribution in [0, 0.1) is 0 Å². The van der Waals surface area contributed by atoms with E-state index in [1.807, 2.05) is 30.3 Å². The minimum absolute atomic E-state index is 0.0891. The van der Waals surface area contributed by atoms with Gasteiger partial charge in [-0.25, -0.2) is 9.56 Å². The van der Waals surface area contributed by atoms with Gasteiger partial charge in [-0.2, -0.15) is 0 Å². The zero-order chi connectivity index (χ0) is 28.9.